The van der Waals surface area contributed by atoms with Gasteiger partial charge in [0.05, 0.1) is 0 Å². The molecule has 0 unspecified atom stereocenters. The van der Waals surface area contributed by atoms with Gasteiger partial charge in [0.2, 0.25) is 0 Å². The van der Waals surface area contributed by atoms with Crippen molar-refractivity contribution in [3.05, 3.63) is 23.8 Å². The van der Waals surface area contributed by atoms with Gasteiger partial charge in [-0.2, -0.15) is 0 Å². The van der Waals surface area contributed by atoms with Crippen LogP contribution in [-0.4, -0.2) is 21.2 Å². The van der Waals surface area contributed by atoms with Crippen molar-refractivity contribution in [2.45, 2.75) is 20.0 Å². The first-order valence-electron chi connectivity index (χ1n) is 3.67. The van der Waals surface area contributed by atoms with Crippen LogP contribution in [0.2, 0.25) is 0 Å². The fraction of sp³-hybridized carbons (Fsp3) is 0.333. The molecule has 12 heavy (non-hydrogen) atoms. The summed E-state index contributed by atoms with van der Waals surface area (Å²) in [6.45, 7) is 3.48. The fourth-order valence-corrected chi connectivity index (χ4v) is 0.701. The second kappa shape index (κ2) is 3.84. The molecule has 1 N–H and O–H groups in total. The van der Waals surface area contributed by atoms with Gasteiger partial charge in [0.1, 0.15) is 18.1 Å². The normalized spacial score (nSPS) is 11.6. The molecule has 1 aromatic heterocycles. The van der Waals surface area contributed by atoms with Crippen LogP contribution in [0.5, 0.6) is 0 Å². The monoisotopic (exact) mass is 162 g/mol. The van der Waals surface area contributed by atoms with E-state index in [-0.39, 0.29) is 0 Å². The van der Waals surface area contributed by atoms with E-state index in [1.54, 1.807) is 13.0 Å². The second-order valence-corrected chi connectivity index (χ2v) is 2.49. The number of aromatic nitrogens is 2. The van der Waals surface area contributed by atoms with Gasteiger partial charge in [-0.05, 0) is 25.8 Å². The third kappa shape index (κ3) is 2.69. The number of aryl methyl sites for hydroxylation is 1. The van der Waals surface area contributed by atoms with Crippen LogP contribution in [0.25, 0.3) is 0 Å². The topological polar surface area (TPSA) is 46.0 Å². The van der Waals surface area contributed by atoms with Crippen LogP contribution in [0.1, 0.15) is 18.3 Å². The van der Waals surface area contributed by atoms with Crippen molar-refractivity contribution in [1.29, 1.82) is 0 Å². The Morgan fingerprint density at radius 1 is 1.50 bits per heavy atom. The smallest absolute Gasteiger partial charge is 0.117 e. The molecule has 0 radical (unpaired) electrons. The van der Waals surface area contributed by atoms with Gasteiger partial charge in [0.15, 0.2) is 0 Å². The van der Waals surface area contributed by atoms with Gasteiger partial charge in [-0.3, -0.25) is 0 Å². The molecule has 0 aromatic carbocycles. The average molecular weight is 162 g/mol. The minimum absolute atomic E-state index is 0.611. The van der Waals surface area contributed by atoms with Gasteiger partial charge in [-0.1, -0.05) is 5.92 Å². The summed E-state index contributed by atoms with van der Waals surface area (Å²) >= 11 is 0. The highest BCUT2D eigenvalue weighted by molar-refractivity contribution is 5.28. The van der Waals surface area contributed by atoms with E-state index < -0.39 is 6.10 Å². The molecule has 1 rings (SSSR count). The number of rotatable bonds is 0. The Hall–Kier alpha value is -1.40. The first-order valence-corrected chi connectivity index (χ1v) is 3.67. The number of hydrogen-bond donors (Lipinski definition) is 1. The van der Waals surface area contributed by atoms with E-state index >= 15 is 0 Å². The Labute approximate surface area is 71.5 Å². The predicted molar refractivity (Wildman–Crippen MR) is 45.3 cm³/mol. The summed E-state index contributed by atoms with van der Waals surface area (Å²) in [5, 5.41) is 8.87. The van der Waals surface area contributed by atoms with E-state index in [9.17, 15) is 0 Å². The maximum absolute atomic E-state index is 8.87. The molecule has 0 aliphatic heterocycles. The predicted octanol–water partition coefficient (Wildman–Crippen LogP) is 0.517. The third-order valence-corrected chi connectivity index (χ3v) is 1.21. The zero-order valence-corrected chi connectivity index (χ0v) is 7.07. The quantitative estimate of drug-likeness (QED) is 0.565. The summed E-state index contributed by atoms with van der Waals surface area (Å²) in [6.07, 6.45) is 0.849. The van der Waals surface area contributed by atoms with E-state index in [4.69, 9.17) is 5.11 Å². The van der Waals surface area contributed by atoms with Crippen LogP contribution >= 0.6 is 0 Å². The Balaban J connectivity index is 2.85. The molecule has 1 aromatic rings. The van der Waals surface area contributed by atoms with E-state index in [1.807, 2.05) is 6.92 Å². The van der Waals surface area contributed by atoms with Gasteiger partial charge in [0.25, 0.3) is 0 Å². The highest BCUT2D eigenvalue weighted by atomic mass is 16.3. The van der Waals surface area contributed by atoms with E-state index in [0.29, 0.717) is 5.69 Å². The standard InChI is InChI=1S/C9H10N2O/c1-7-5-9(11-6-10-7)4-3-8(2)12/h5-6,8,12H,1-2H3/t8-/m0/s1. The lowest BCUT2D eigenvalue weighted by Crippen LogP contribution is -1.94. The average Bonchev–Trinajstić information content (AvgIpc) is 2.01. The second-order valence-electron chi connectivity index (χ2n) is 2.49. The van der Waals surface area contributed by atoms with Gasteiger partial charge < -0.3 is 5.11 Å². The van der Waals surface area contributed by atoms with Crippen LogP contribution in [0.4, 0.5) is 0 Å². The molecule has 3 nitrogen and oxygen atoms in total. The lowest BCUT2D eigenvalue weighted by Gasteiger charge is -1.91. The zero-order valence-electron chi connectivity index (χ0n) is 7.07. The van der Waals surface area contributed by atoms with Crippen molar-refractivity contribution in [2.75, 3.05) is 0 Å². The molecule has 0 aliphatic rings. The minimum atomic E-state index is -0.611. The largest absolute Gasteiger partial charge is 0.381 e. The van der Waals surface area contributed by atoms with Crippen molar-refractivity contribution in [2.24, 2.45) is 0 Å². The molecule has 0 bridgehead atoms. The summed E-state index contributed by atoms with van der Waals surface area (Å²) in [7, 11) is 0. The summed E-state index contributed by atoms with van der Waals surface area (Å²) in [5.41, 5.74) is 1.52. The molecule has 1 atom stereocenters. The molecule has 0 spiro atoms. The molecule has 1 heterocycles. The first kappa shape index (κ1) is 8.69. The molecule has 3 heteroatoms. The summed E-state index contributed by atoms with van der Waals surface area (Å²) in [5.74, 6) is 5.34. The number of aliphatic hydroxyl groups excluding tert-OH is 1. The Kier molecular flexibility index (Phi) is 2.78. The maximum Gasteiger partial charge on any atom is 0.117 e. The van der Waals surface area contributed by atoms with E-state index in [2.05, 4.69) is 21.8 Å². The van der Waals surface area contributed by atoms with Gasteiger partial charge >= 0.3 is 0 Å². The number of hydrogen-bond acceptors (Lipinski definition) is 3. The molecular weight excluding hydrogens is 152 g/mol. The van der Waals surface area contributed by atoms with Crippen molar-refractivity contribution >= 4 is 0 Å². The summed E-state index contributed by atoms with van der Waals surface area (Å²) < 4.78 is 0. The highest BCUT2D eigenvalue weighted by Crippen LogP contribution is 1.93. The molecular formula is C9H10N2O. The lowest BCUT2D eigenvalue weighted by atomic mass is 10.3. The molecule has 0 amide bonds. The first-order chi connectivity index (χ1) is 5.68. The highest BCUT2D eigenvalue weighted by Gasteiger charge is 1.90. The van der Waals surface area contributed by atoms with E-state index in [0.717, 1.165) is 5.69 Å². The van der Waals surface area contributed by atoms with Crippen molar-refractivity contribution < 1.29 is 5.11 Å². The van der Waals surface area contributed by atoms with Crippen molar-refractivity contribution in [3.63, 3.8) is 0 Å². The number of nitrogens with zero attached hydrogens (tertiary/aromatic N) is 2. The molecule has 0 saturated heterocycles. The third-order valence-electron chi connectivity index (χ3n) is 1.21. The maximum atomic E-state index is 8.87. The van der Waals surface area contributed by atoms with Crippen LogP contribution in [0.3, 0.4) is 0 Å². The molecule has 0 saturated carbocycles. The molecule has 62 valence electrons. The summed E-state index contributed by atoms with van der Waals surface area (Å²) in [4.78, 5) is 7.84. The van der Waals surface area contributed by atoms with Crippen LogP contribution in [-0.2, 0) is 0 Å². The molecule has 0 fully saturated rings. The van der Waals surface area contributed by atoms with Crippen LogP contribution in [0, 0.1) is 18.8 Å². The van der Waals surface area contributed by atoms with Crippen molar-refractivity contribution in [3.8, 4) is 11.8 Å². The molecule has 0 aliphatic carbocycles. The lowest BCUT2D eigenvalue weighted by molar-refractivity contribution is 0.253. The number of aliphatic hydroxyl groups is 1. The fourth-order valence-electron chi connectivity index (χ4n) is 0.701. The van der Waals surface area contributed by atoms with Gasteiger partial charge in [-0.15, -0.1) is 0 Å². The SMILES string of the molecule is Cc1cc(C#C[C@H](C)O)ncn1. The van der Waals surface area contributed by atoms with Crippen LogP contribution < -0.4 is 0 Å². The summed E-state index contributed by atoms with van der Waals surface area (Å²) in [6, 6.07) is 1.77. The Morgan fingerprint density at radius 2 is 2.25 bits per heavy atom. The Bertz CT molecular complexity index is 323. The van der Waals surface area contributed by atoms with Crippen LogP contribution in [0.15, 0.2) is 12.4 Å². The minimum Gasteiger partial charge on any atom is -0.381 e. The van der Waals surface area contributed by atoms with Crippen molar-refractivity contribution in [1.82, 2.24) is 9.97 Å². The van der Waals surface area contributed by atoms with Gasteiger partial charge in [0, 0.05) is 5.69 Å². The van der Waals surface area contributed by atoms with Gasteiger partial charge in [-0.25, -0.2) is 9.97 Å². The Morgan fingerprint density at radius 3 is 2.83 bits per heavy atom. The zero-order chi connectivity index (χ0) is 8.97. The van der Waals surface area contributed by atoms with E-state index in [1.165, 1.54) is 6.33 Å².